The molecule has 6 nitrogen and oxygen atoms in total. The Hall–Kier alpha value is -3.16. The molecular weight excluding hydrogens is 396 g/mol. The minimum absolute atomic E-state index is 0.259. The summed E-state index contributed by atoms with van der Waals surface area (Å²) in [5.41, 5.74) is 14.3. The van der Waals surface area contributed by atoms with Crippen LogP contribution >= 0.6 is 11.3 Å². The smallest absolute Gasteiger partial charge is 0.317 e. The van der Waals surface area contributed by atoms with Crippen molar-refractivity contribution < 1.29 is 9.59 Å². The fourth-order valence-electron chi connectivity index (χ4n) is 3.16. The van der Waals surface area contributed by atoms with E-state index >= 15 is 0 Å². The van der Waals surface area contributed by atoms with E-state index in [-0.39, 0.29) is 5.56 Å². The number of aryl methyl sites for hydroxylation is 1. The van der Waals surface area contributed by atoms with Crippen LogP contribution in [0.5, 0.6) is 0 Å². The van der Waals surface area contributed by atoms with E-state index in [9.17, 15) is 9.59 Å². The molecule has 2 aromatic carbocycles. The van der Waals surface area contributed by atoms with Crippen molar-refractivity contribution in [2.24, 2.45) is 11.5 Å². The zero-order chi connectivity index (χ0) is 21.3. The van der Waals surface area contributed by atoms with Gasteiger partial charge in [0.1, 0.15) is 5.00 Å². The number of urea groups is 1. The van der Waals surface area contributed by atoms with E-state index in [0.717, 1.165) is 42.8 Å². The van der Waals surface area contributed by atoms with E-state index in [4.69, 9.17) is 11.5 Å². The van der Waals surface area contributed by atoms with Gasteiger partial charge in [0, 0.05) is 11.4 Å². The molecule has 0 unspecified atom stereocenters. The SMILES string of the molecule is NC(=O)Nc1sc(-c2ccc(CNCCCCc3ccccc3)cc2)cc1C(N)=O. The molecule has 0 aliphatic carbocycles. The number of rotatable bonds is 10. The number of benzene rings is 2. The second kappa shape index (κ2) is 10.6. The number of hydrogen-bond donors (Lipinski definition) is 4. The monoisotopic (exact) mass is 422 g/mol. The van der Waals surface area contributed by atoms with Crippen LogP contribution < -0.4 is 22.1 Å². The summed E-state index contributed by atoms with van der Waals surface area (Å²) in [6.07, 6.45) is 3.41. The molecule has 30 heavy (non-hydrogen) atoms. The molecule has 0 aliphatic heterocycles. The van der Waals surface area contributed by atoms with Crippen molar-refractivity contribution in [2.45, 2.75) is 25.8 Å². The van der Waals surface area contributed by atoms with Gasteiger partial charge in [-0.3, -0.25) is 10.1 Å². The Kier molecular flexibility index (Phi) is 7.59. The molecule has 3 aromatic rings. The molecule has 3 rings (SSSR count). The van der Waals surface area contributed by atoms with E-state index in [2.05, 4.69) is 47.0 Å². The summed E-state index contributed by atoms with van der Waals surface area (Å²) in [5, 5.41) is 6.30. The van der Waals surface area contributed by atoms with Crippen molar-refractivity contribution >= 4 is 28.3 Å². The predicted molar refractivity (Wildman–Crippen MR) is 123 cm³/mol. The molecule has 0 atom stereocenters. The van der Waals surface area contributed by atoms with Crippen molar-refractivity contribution in [1.82, 2.24) is 5.32 Å². The van der Waals surface area contributed by atoms with Gasteiger partial charge in [-0.2, -0.15) is 0 Å². The van der Waals surface area contributed by atoms with Gasteiger partial charge < -0.3 is 16.8 Å². The maximum absolute atomic E-state index is 11.6. The molecule has 0 aliphatic rings. The minimum atomic E-state index is -0.726. The highest BCUT2D eigenvalue weighted by Gasteiger charge is 2.16. The van der Waals surface area contributed by atoms with Crippen molar-refractivity contribution in [1.29, 1.82) is 0 Å². The van der Waals surface area contributed by atoms with Gasteiger partial charge in [0.25, 0.3) is 5.91 Å². The molecule has 6 N–H and O–H groups in total. The molecule has 0 radical (unpaired) electrons. The van der Waals surface area contributed by atoms with Gasteiger partial charge in [0.2, 0.25) is 0 Å². The number of nitrogens with two attached hydrogens (primary N) is 2. The first-order chi connectivity index (χ1) is 14.5. The number of anilines is 1. The Labute approximate surface area is 180 Å². The number of thiophene rings is 1. The first-order valence-corrected chi connectivity index (χ1v) is 10.7. The Morgan fingerprint density at radius 1 is 0.900 bits per heavy atom. The molecule has 0 fully saturated rings. The van der Waals surface area contributed by atoms with Crippen LogP contribution in [0.25, 0.3) is 10.4 Å². The summed E-state index contributed by atoms with van der Waals surface area (Å²) in [6.45, 7) is 1.78. The highest BCUT2D eigenvalue weighted by Crippen LogP contribution is 2.35. The maximum Gasteiger partial charge on any atom is 0.317 e. The third-order valence-corrected chi connectivity index (χ3v) is 5.81. The third kappa shape index (κ3) is 6.17. The van der Waals surface area contributed by atoms with Crippen molar-refractivity contribution in [3.63, 3.8) is 0 Å². The number of nitrogens with one attached hydrogen (secondary N) is 2. The molecular formula is C23H26N4O2S. The zero-order valence-electron chi connectivity index (χ0n) is 16.7. The molecule has 0 bridgehead atoms. The average molecular weight is 423 g/mol. The number of unbranched alkanes of at least 4 members (excludes halogenated alkanes) is 1. The highest BCUT2D eigenvalue weighted by atomic mass is 32.1. The average Bonchev–Trinajstić information content (AvgIpc) is 3.15. The van der Waals surface area contributed by atoms with Gasteiger partial charge in [0.05, 0.1) is 5.56 Å². The van der Waals surface area contributed by atoms with Crippen LogP contribution in [0.3, 0.4) is 0 Å². The zero-order valence-corrected chi connectivity index (χ0v) is 17.5. The first kappa shape index (κ1) is 21.5. The van der Waals surface area contributed by atoms with Crippen molar-refractivity contribution in [3.8, 4) is 10.4 Å². The number of carbonyl (C=O) groups excluding carboxylic acids is 2. The normalized spacial score (nSPS) is 10.7. The molecule has 1 heterocycles. The molecule has 1 aromatic heterocycles. The van der Waals surface area contributed by atoms with Gasteiger partial charge in [-0.1, -0.05) is 54.6 Å². The summed E-state index contributed by atoms with van der Waals surface area (Å²) < 4.78 is 0. The quantitative estimate of drug-likeness (QED) is 0.369. The summed E-state index contributed by atoms with van der Waals surface area (Å²) >= 11 is 1.27. The van der Waals surface area contributed by atoms with E-state index in [0.29, 0.717) is 5.00 Å². The van der Waals surface area contributed by atoms with E-state index in [1.165, 1.54) is 22.5 Å². The molecule has 7 heteroatoms. The maximum atomic E-state index is 11.6. The van der Waals surface area contributed by atoms with E-state index < -0.39 is 11.9 Å². The standard InChI is InChI=1S/C23H26N4O2S/c24-21(28)19-14-20(30-22(19)27-23(25)29)18-11-9-17(10-12-18)15-26-13-5-4-8-16-6-2-1-3-7-16/h1-3,6-7,9-12,14,26H,4-5,8,13,15H2,(H2,24,28)(H3,25,27,29). The Balaban J connectivity index is 1.49. The summed E-state index contributed by atoms with van der Waals surface area (Å²) in [5.74, 6) is -0.602. The molecule has 3 amide bonds. The summed E-state index contributed by atoms with van der Waals surface area (Å²) in [4.78, 5) is 23.6. The van der Waals surface area contributed by atoms with Crippen LogP contribution in [0.2, 0.25) is 0 Å². The topological polar surface area (TPSA) is 110 Å². The van der Waals surface area contributed by atoms with Crippen LogP contribution in [0.4, 0.5) is 9.80 Å². The van der Waals surface area contributed by atoms with E-state index in [1.54, 1.807) is 6.07 Å². The molecule has 0 saturated heterocycles. The summed E-state index contributed by atoms with van der Waals surface area (Å²) in [7, 11) is 0. The predicted octanol–water partition coefficient (Wildman–Crippen LogP) is 4.12. The second-order valence-corrected chi connectivity index (χ2v) is 8.08. The molecule has 156 valence electrons. The largest absolute Gasteiger partial charge is 0.366 e. The Morgan fingerprint density at radius 3 is 2.30 bits per heavy atom. The Bertz CT molecular complexity index is 984. The third-order valence-electron chi connectivity index (χ3n) is 4.71. The number of hydrogen-bond acceptors (Lipinski definition) is 4. The van der Waals surface area contributed by atoms with Crippen LogP contribution in [0.15, 0.2) is 60.7 Å². The fourth-order valence-corrected chi connectivity index (χ4v) is 4.24. The Morgan fingerprint density at radius 2 is 1.63 bits per heavy atom. The van der Waals surface area contributed by atoms with Crippen molar-refractivity contribution in [3.05, 3.63) is 77.4 Å². The molecule has 0 saturated carbocycles. The summed E-state index contributed by atoms with van der Waals surface area (Å²) in [6, 6.07) is 19.6. The molecule has 0 spiro atoms. The van der Waals surface area contributed by atoms with Crippen molar-refractivity contribution in [2.75, 3.05) is 11.9 Å². The van der Waals surface area contributed by atoms with Gasteiger partial charge in [-0.15, -0.1) is 11.3 Å². The minimum Gasteiger partial charge on any atom is -0.366 e. The van der Waals surface area contributed by atoms with E-state index in [1.807, 2.05) is 18.2 Å². The van der Waals surface area contributed by atoms with Gasteiger partial charge >= 0.3 is 6.03 Å². The van der Waals surface area contributed by atoms with Gasteiger partial charge in [0.15, 0.2) is 0 Å². The van der Waals surface area contributed by atoms with Gasteiger partial charge in [-0.25, -0.2) is 4.79 Å². The number of carbonyl (C=O) groups is 2. The number of primary amides is 2. The van der Waals surface area contributed by atoms with Crippen LogP contribution in [-0.4, -0.2) is 18.5 Å². The lowest BCUT2D eigenvalue weighted by molar-refractivity contribution is 0.100. The van der Waals surface area contributed by atoms with Crippen LogP contribution in [-0.2, 0) is 13.0 Å². The second-order valence-electron chi connectivity index (χ2n) is 7.02. The van der Waals surface area contributed by atoms with Crippen LogP contribution in [0, 0.1) is 0 Å². The number of amides is 3. The van der Waals surface area contributed by atoms with Gasteiger partial charge in [-0.05, 0) is 48.6 Å². The van der Waals surface area contributed by atoms with Crippen LogP contribution in [0.1, 0.15) is 34.3 Å². The lowest BCUT2D eigenvalue weighted by Crippen LogP contribution is -2.21. The lowest BCUT2D eigenvalue weighted by Gasteiger charge is -2.06. The fraction of sp³-hybridized carbons (Fsp3) is 0.217. The first-order valence-electron chi connectivity index (χ1n) is 9.87. The highest BCUT2D eigenvalue weighted by molar-refractivity contribution is 7.20. The lowest BCUT2D eigenvalue weighted by atomic mass is 10.1.